The van der Waals surface area contributed by atoms with Gasteiger partial charge in [-0.15, -0.1) is 9.98 Å². The monoisotopic (exact) mass is 640 g/mol. The van der Waals surface area contributed by atoms with Crippen LogP contribution in [0.5, 0.6) is 0 Å². The molecule has 0 saturated carbocycles. The lowest BCUT2D eigenvalue weighted by atomic mass is 9.89. The maximum absolute atomic E-state index is 7.88. The summed E-state index contributed by atoms with van der Waals surface area (Å²) in [5.74, 6) is -0.278. The molecule has 6 nitrogen and oxygen atoms in total. The van der Waals surface area contributed by atoms with E-state index in [1.54, 1.807) is 0 Å². The van der Waals surface area contributed by atoms with Crippen LogP contribution in [0.1, 0.15) is 18.1 Å². The number of aliphatic imine (C=N–C) groups is 2. The summed E-state index contributed by atoms with van der Waals surface area (Å²) in [6.45, 7) is 17.8. The van der Waals surface area contributed by atoms with Gasteiger partial charge >= 0.3 is 0 Å². The van der Waals surface area contributed by atoms with Gasteiger partial charge in [-0.1, -0.05) is 85.9 Å². The van der Waals surface area contributed by atoms with Crippen LogP contribution in [-0.4, -0.2) is 20.6 Å². The minimum absolute atomic E-state index is 0.00484. The van der Waals surface area contributed by atoms with Crippen LogP contribution < -0.4 is 0 Å². The van der Waals surface area contributed by atoms with Crippen LogP contribution in [0.15, 0.2) is 167 Å². The normalized spacial score (nSPS) is 13.7. The number of fused-ring (bicyclic) bond motifs is 6. The average Bonchev–Trinajstić information content (AvgIpc) is 3.64. The molecular formula is C44H28N6. The van der Waals surface area contributed by atoms with Gasteiger partial charge in [0.25, 0.3) is 11.6 Å². The molecule has 0 atom stereocenters. The van der Waals surface area contributed by atoms with Crippen molar-refractivity contribution in [3.63, 3.8) is 0 Å². The molecule has 0 radical (unpaired) electrons. The van der Waals surface area contributed by atoms with E-state index in [0.29, 0.717) is 11.4 Å². The summed E-state index contributed by atoms with van der Waals surface area (Å²) in [6.07, 6.45) is 0. The minimum Gasteiger partial charge on any atom is -0.370 e. The summed E-state index contributed by atoms with van der Waals surface area (Å²) in [5.41, 5.74) is 9.78. The molecular weight excluding hydrogens is 613 g/mol. The van der Waals surface area contributed by atoms with E-state index in [2.05, 4.69) is 164 Å². The lowest BCUT2D eigenvalue weighted by Gasteiger charge is -2.14. The fraction of sp³-hybridized carbons (Fsp3) is 0.0455. The molecule has 0 fully saturated rings. The van der Waals surface area contributed by atoms with Crippen molar-refractivity contribution >= 4 is 55.0 Å². The molecule has 6 aromatic carbocycles. The van der Waals surface area contributed by atoms with E-state index >= 15 is 0 Å². The number of benzene rings is 6. The molecule has 0 bridgehead atoms. The summed E-state index contributed by atoms with van der Waals surface area (Å²) in [6, 6.07) is 50.4. The Kier molecular flexibility index (Phi) is 6.76. The van der Waals surface area contributed by atoms with E-state index in [4.69, 9.17) is 23.1 Å². The Morgan fingerprint density at radius 2 is 0.740 bits per heavy atom. The first kappa shape index (κ1) is 29.1. The summed E-state index contributed by atoms with van der Waals surface area (Å²) in [5, 5.41) is 4.82. The maximum atomic E-state index is 7.88. The molecule has 0 amide bonds. The highest BCUT2D eigenvalue weighted by atomic mass is 15.1. The van der Waals surface area contributed by atoms with Crippen molar-refractivity contribution in [1.82, 2.24) is 9.13 Å². The molecule has 0 N–H and O–H groups in total. The van der Waals surface area contributed by atoms with E-state index in [1.165, 1.54) is 21.5 Å². The Morgan fingerprint density at radius 3 is 1.04 bits per heavy atom. The molecule has 0 saturated heterocycles. The van der Waals surface area contributed by atoms with Crippen molar-refractivity contribution in [2.45, 2.75) is 6.92 Å². The van der Waals surface area contributed by atoms with Crippen LogP contribution in [0.25, 0.3) is 64.7 Å². The minimum atomic E-state index is -0.288. The molecule has 234 valence electrons. The Labute approximate surface area is 288 Å². The molecule has 2 aromatic heterocycles. The van der Waals surface area contributed by atoms with Gasteiger partial charge < -0.3 is 18.8 Å². The number of aromatic nitrogens is 2. The summed E-state index contributed by atoms with van der Waals surface area (Å²) >= 11 is 0. The van der Waals surface area contributed by atoms with Crippen molar-refractivity contribution < 1.29 is 0 Å². The summed E-state index contributed by atoms with van der Waals surface area (Å²) in [7, 11) is 0. The van der Waals surface area contributed by atoms with Gasteiger partial charge in [-0.2, -0.15) is 0 Å². The van der Waals surface area contributed by atoms with Crippen molar-refractivity contribution in [2.24, 2.45) is 15.9 Å². The third-order valence-electron chi connectivity index (χ3n) is 9.69. The molecule has 6 heteroatoms. The Bertz CT molecular complexity index is 2530. The maximum Gasteiger partial charge on any atom is 0.293 e. The smallest absolute Gasteiger partial charge is 0.293 e. The lowest BCUT2D eigenvalue weighted by molar-refractivity contribution is 1.05. The second kappa shape index (κ2) is 11.6. The van der Waals surface area contributed by atoms with Crippen LogP contribution >= 0.6 is 0 Å². The van der Waals surface area contributed by atoms with E-state index in [9.17, 15) is 0 Å². The molecule has 3 heterocycles. The van der Waals surface area contributed by atoms with Gasteiger partial charge in [0.15, 0.2) is 0 Å². The Morgan fingerprint density at radius 1 is 0.440 bits per heavy atom. The van der Waals surface area contributed by atoms with Crippen LogP contribution in [-0.2, 0) is 0 Å². The zero-order chi connectivity index (χ0) is 33.8. The van der Waals surface area contributed by atoms with E-state index in [-0.39, 0.29) is 17.6 Å². The van der Waals surface area contributed by atoms with Crippen LogP contribution in [0, 0.1) is 19.1 Å². The number of rotatable bonds is 4. The molecule has 8 aromatic rings. The quantitative estimate of drug-likeness (QED) is 0.172. The molecule has 50 heavy (non-hydrogen) atoms. The number of nitrogens with zero attached hydrogens (tertiary/aromatic N) is 6. The number of hydrogen-bond acceptors (Lipinski definition) is 2. The first-order chi connectivity index (χ1) is 24.6. The molecule has 0 spiro atoms. The molecule has 0 unspecified atom stereocenters. The molecule has 1 aliphatic heterocycles. The second-order valence-corrected chi connectivity index (χ2v) is 12.4. The van der Waals surface area contributed by atoms with Crippen molar-refractivity contribution in [3.8, 4) is 11.4 Å². The van der Waals surface area contributed by atoms with Gasteiger partial charge in [0.2, 0.25) is 0 Å². The van der Waals surface area contributed by atoms with Crippen LogP contribution in [0.2, 0.25) is 0 Å². The SMILES string of the molecule is [C-]#[N+]C1=C([N+]#[C-])N=C(c2ccc(-n3c4ccccc4c4ccccc43)cc2)C(C)C(c2ccc(-n3c4ccccc4c4ccccc43)cc2)=N1. The summed E-state index contributed by atoms with van der Waals surface area (Å²) in [4.78, 5) is 16.9. The third kappa shape index (κ3) is 4.48. The highest BCUT2D eigenvalue weighted by Gasteiger charge is 2.31. The van der Waals surface area contributed by atoms with Crippen molar-refractivity contribution in [1.29, 1.82) is 0 Å². The van der Waals surface area contributed by atoms with Crippen molar-refractivity contribution in [2.75, 3.05) is 0 Å². The lowest BCUT2D eigenvalue weighted by Crippen LogP contribution is -2.22. The Hall–Kier alpha value is -7.02. The predicted molar refractivity (Wildman–Crippen MR) is 204 cm³/mol. The van der Waals surface area contributed by atoms with Crippen molar-refractivity contribution in [3.05, 3.63) is 191 Å². The zero-order valence-corrected chi connectivity index (χ0v) is 27.1. The van der Waals surface area contributed by atoms with Gasteiger partial charge in [-0.25, -0.2) is 0 Å². The highest BCUT2D eigenvalue weighted by Crippen LogP contribution is 2.34. The topological polar surface area (TPSA) is 43.3 Å². The fourth-order valence-corrected chi connectivity index (χ4v) is 7.39. The highest BCUT2D eigenvalue weighted by molar-refractivity contribution is 6.21. The number of para-hydroxylation sites is 4. The van der Waals surface area contributed by atoms with Gasteiger partial charge in [-0.3, -0.25) is 0 Å². The van der Waals surface area contributed by atoms with Gasteiger partial charge in [0.05, 0.1) is 28.0 Å². The van der Waals surface area contributed by atoms with Gasteiger partial charge in [-0.05, 0) is 79.7 Å². The van der Waals surface area contributed by atoms with E-state index < -0.39 is 0 Å². The first-order valence-electron chi connectivity index (χ1n) is 16.5. The van der Waals surface area contributed by atoms with E-state index in [0.717, 1.165) is 44.6 Å². The standard InChI is InChI=1S/C44H28N6/c1-28-41(29-20-24-31(25-21-29)49-37-16-8-4-12-33(37)34-13-5-9-17-38(34)49)47-43(45-2)44(46-3)48-42(28)30-22-26-32(27-23-30)50-39-18-10-6-14-35(39)36-15-7-11-19-40(36)50/h4-28H,1H3. The third-order valence-corrected chi connectivity index (χ3v) is 9.69. The average molecular weight is 641 g/mol. The zero-order valence-electron chi connectivity index (χ0n) is 27.1. The molecule has 9 rings (SSSR count). The molecule has 1 aliphatic rings. The predicted octanol–water partition coefficient (Wildman–Crippen LogP) is 10.8. The van der Waals surface area contributed by atoms with Crippen LogP contribution in [0.4, 0.5) is 0 Å². The van der Waals surface area contributed by atoms with E-state index in [1.807, 2.05) is 6.92 Å². The molecule has 0 aliphatic carbocycles. The summed E-state index contributed by atoms with van der Waals surface area (Å²) < 4.78 is 4.56. The van der Waals surface area contributed by atoms with Gasteiger partial charge in [0.1, 0.15) is 11.4 Å². The number of hydrogen-bond donors (Lipinski definition) is 0. The largest absolute Gasteiger partial charge is 0.370 e. The second-order valence-electron chi connectivity index (χ2n) is 12.4. The Balaban J connectivity index is 1.12. The first-order valence-corrected chi connectivity index (χ1v) is 16.5. The van der Waals surface area contributed by atoms with Crippen LogP contribution in [0.3, 0.4) is 0 Å². The fourth-order valence-electron chi connectivity index (χ4n) is 7.39. The van der Waals surface area contributed by atoms with Gasteiger partial charge in [0, 0.05) is 44.0 Å².